The van der Waals surface area contributed by atoms with Crippen LogP contribution in [0.3, 0.4) is 0 Å². The maximum atomic E-state index is 5.83. The van der Waals surface area contributed by atoms with Crippen molar-refractivity contribution in [2.45, 2.75) is 129 Å². The van der Waals surface area contributed by atoms with Gasteiger partial charge in [-0.05, 0) is 72.4 Å². The summed E-state index contributed by atoms with van der Waals surface area (Å²) in [6.45, 7) is 14.2. The van der Waals surface area contributed by atoms with Crippen LogP contribution in [0.1, 0.15) is 118 Å². The van der Waals surface area contributed by atoms with Crippen LogP contribution >= 0.6 is 0 Å². The predicted molar refractivity (Wildman–Crippen MR) is 113 cm³/mol. The Morgan fingerprint density at radius 3 is 1.64 bits per heavy atom. The lowest BCUT2D eigenvalue weighted by Crippen LogP contribution is -2.60. The molecule has 1 rings (SSSR count). The zero-order valence-electron chi connectivity index (χ0n) is 18.2. The Hall–Kier alpha value is -0.0800. The van der Waals surface area contributed by atoms with Crippen molar-refractivity contribution in [1.82, 2.24) is 4.90 Å². The van der Waals surface area contributed by atoms with Crippen LogP contribution in [0.25, 0.3) is 0 Å². The van der Waals surface area contributed by atoms with E-state index in [4.69, 9.17) is 5.73 Å². The van der Waals surface area contributed by atoms with E-state index in [-0.39, 0.29) is 0 Å². The van der Waals surface area contributed by atoms with E-state index < -0.39 is 0 Å². The number of nitrogens with zero attached hydrogens (tertiary/aromatic N) is 1. The van der Waals surface area contributed by atoms with E-state index in [9.17, 15) is 0 Å². The lowest BCUT2D eigenvalue weighted by Gasteiger charge is -2.55. The number of piperidine rings is 1. The van der Waals surface area contributed by atoms with E-state index in [1.807, 2.05) is 0 Å². The van der Waals surface area contributed by atoms with Gasteiger partial charge in [0.05, 0.1) is 0 Å². The molecule has 25 heavy (non-hydrogen) atoms. The Kier molecular flexibility index (Phi) is 10.6. The van der Waals surface area contributed by atoms with E-state index >= 15 is 0 Å². The van der Waals surface area contributed by atoms with Gasteiger partial charge in [-0.2, -0.15) is 0 Å². The summed E-state index contributed by atoms with van der Waals surface area (Å²) in [4.78, 5) is 2.80. The quantitative estimate of drug-likeness (QED) is 0.382. The van der Waals surface area contributed by atoms with E-state index in [2.05, 4.69) is 39.5 Å². The number of hydrogen-bond acceptors (Lipinski definition) is 2. The van der Waals surface area contributed by atoms with Gasteiger partial charge in [-0.3, -0.25) is 4.90 Å². The maximum Gasteiger partial charge on any atom is 0.0161 e. The van der Waals surface area contributed by atoms with Gasteiger partial charge in [-0.15, -0.1) is 0 Å². The largest absolute Gasteiger partial charge is 0.330 e. The molecule has 1 fully saturated rings. The second kappa shape index (κ2) is 11.6. The maximum absolute atomic E-state index is 5.83. The Morgan fingerprint density at radius 1 is 0.760 bits per heavy atom. The molecule has 0 atom stereocenters. The molecule has 0 aromatic carbocycles. The number of rotatable bonds is 13. The Balaban J connectivity index is 2.22. The second-order valence-corrected chi connectivity index (χ2v) is 9.81. The van der Waals surface area contributed by atoms with E-state index in [0.29, 0.717) is 11.1 Å². The van der Waals surface area contributed by atoms with Crippen molar-refractivity contribution >= 4 is 0 Å². The van der Waals surface area contributed by atoms with E-state index in [1.54, 1.807) is 0 Å². The van der Waals surface area contributed by atoms with Crippen molar-refractivity contribution in [2.24, 2.45) is 11.7 Å². The van der Waals surface area contributed by atoms with E-state index in [1.165, 1.54) is 90.0 Å². The van der Waals surface area contributed by atoms with Gasteiger partial charge < -0.3 is 5.73 Å². The van der Waals surface area contributed by atoms with Crippen LogP contribution in [0, 0.1) is 5.92 Å². The molecule has 1 saturated heterocycles. The molecule has 2 N–H and O–H groups in total. The molecule has 1 heterocycles. The number of unbranched alkanes of at least 4 members (excludes halogenated alkanes) is 9. The van der Waals surface area contributed by atoms with Crippen molar-refractivity contribution in [3.63, 3.8) is 0 Å². The SMILES string of the molecule is CCCCCCCCCCCCN1C(C)(C)CC(CCN)CC1(C)C. The van der Waals surface area contributed by atoms with Crippen molar-refractivity contribution in [3.8, 4) is 0 Å². The van der Waals surface area contributed by atoms with Gasteiger partial charge in [-0.25, -0.2) is 0 Å². The Morgan fingerprint density at radius 2 is 1.20 bits per heavy atom. The van der Waals surface area contributed by atoms with Crippen molar-refractivity contribution < 1.29 is 0 Å². The number of nitrogens with two attached hydrogens (primary N) is 1. The summed E-state index contributed by atoms with van der Waals surface area (Å²) in [5, 5.41) is 0. The fraction of sp³-hybridized carbons (Fsp3) is 1.00. The first kappa shape index (κ1) is 23.0. The summed E-state index contributed by atoms with van der Waals surface area (Å²) in [7, 11) is 0. The van der Waals surface area contributed by atoms with Gasteiger partial charge >= 0.3 is 0 Å². The smallest absolute Gasteiger partial charge is 0.0161 e. The lowest BCUT2D eigenvalue weighted by atomic mass is 9.72. The van der Waals surface area contributed by atoms with Crippen LogP contribution < -0.4 is 5.73 Å². The molecule has 0 amide bonds. The summed E-state index contributed by atoms with van der Waals surface area (Å²) < 4.78 is 0. The van der Waals surface area contributed by atoms with Crippen LogP contribution in [0.4, 0.5) is 0 Å². The van der Waals surface area contributed by atoms with Crippen LogP contribution in [-0.2, 0) is 0 Å². The predicted octanol–water partition coefficient (Wildman–Crippen LogP) is 6.53. The third-order valence-electron chi connectivity index (χ3n) is 6.35. The monoisotopic (exact) mass is 352 g/mol. The summed E-state index contributed by atoms with van der Waals surface area (Å²) in [6.07, 6.45) is 18.0. The molecule has 0 aromatic heterocycles. The molecule has 0 aliphatic carbocycles. The second-order valence-electron chi connectivity index (χ2n) is 9.81. The van der Waals surface area contributed by atoms with Gasteiger partial charge in [0, 0.05) is 11.1 Å². The van der Waals surface area contributed by atoms with E-state index in [0.717, 1.165) is 12.5 Å². The van der Waals surface area contributed by atoms with Crippen LogP contribution in [0.5, 0.6) is 0 Å². The van der Waals surface area contributed by atoms with Crippen LogP contribution in [-0.4, -0.2) is 29.1 Å². The first-order valence-corrected chi connectivity index (χ1v) is 11.3. The van der Waals surface area contributed by atoms with Gasteiger partial charge in [0.15, 0.2) is 0 Å². The lowest BCUT2D eigenvalue weighted by molar-refractivity contribution is -0.0531. The Labute approximate surface area is 159 Å². The number of likely N-dealkylation sites (tertiary alicyclic amines) is 1. The molecule has 0 radical (unpaired) electrons. The summed E-state index contributed by atoms with van der Waals surface area (Å²) in [5.74, 6) is 0.805. The molecule has 2 heteroatoms. The highest BCUT2D eigenvalue weighted by Gasteiger charge is 2.44. The average molecular weight is 353 g/mol. The zero-order chi connectivity index (χ0) is 18.8. The fourth-order valence-corrected chi connectivity index (χ4v) is 5.33. The Bertz CT molecular complexity index is 317. The minimum Gasteiger partial charge on any atom is -0.330 e. The molecule has 1 aliphatic rings. The standard InChI is InChI=1S/C23H48N2/c1-6-7-8-9-10-11-12-13-14-15-18-25-22(2,3)19-21(16-17-24)20-23(25,4)5/h21H,6-20,24H2,1-5H3. The molecule has 2 nitrogen and oxygen atoms in total. The first-order chi connectivity index (χ1) is 11.8. The third kappa shape index (κ3) is 8.43. The highest BCUT2D eigenvalue weighted by molar-refractivity contribution is 4.99. The molecular weight excluding hydrogens is 304 g/mol. The highest BCUT2D eigenvalue weighted by atomic mass is 15.3. The van der Waals surface area contributed by atoms with Gasteiger partial charge in [-0.1, -0.05) is 64.7 Å². The van der Waals surface area contributed by atoms with Crippen molar-refractivity contribution in [2.75, 3.05) is 13.1 Å². The first-order valence-electron chi connectivity index (χ1n) is 11.3. The number of hydrogen-bond donors (Lipinski definition) is 1. The molecule has 1 aliphatic heterocycles. The fourth-order valence-electron chi connectivity index (χ4n) is 5.33. The molecule has 0 saturated carbocycles. The molecule has 0 spiro atoms. The summed E-state index contributed by atoms with van der Waals surface area (Å²) in [5.41, 5.74) is 6.47. The minimum absolute atomic E-state index is 0.320. The molecular formula is C23H48N2. The molecule has 0 bridgehead atoms. The molecule has 0 unspecified atom stereocenters. The van der Waals surface area contributed by atoms with Gasteiger partial charge in [0.2, 0.25) is 0 Å². The topological polar surface area (TPSA) is 29.3 Å². The molecule has 150 valence electrons. The summed E-state index contributed by atoms with van der Waals surface area (Å²) >= 11 is 0. The third-order valence-corrected chi connectivity index (χ3v) is 6.35. The normalized spacial score (nSPS) is 20.9. The molecule has 0 aromatic rings. The van der Waals surface area contributed by atoms with Crippen LogP contribution in [0.2, 0.25) is 0 Å². The minimum atomic E-state index is 0.320. The zero-order valence-corrected chi connectivity index (χ0v) is 18.2. The summed E-state index contributed by atoms with van der Waals surface area (Å²) in [6, 6.07) is 0. The van der Waals surface area contributed by atoms with Crippen molar-refractivity contribution in [3.05, 3.63) is 0 Å². The van der Waals surface area contributed by atoms with Crippen molar-refractivity contribution in [1.29, 1.82) is 0 Å². The average Bonchev–Trinajstić information content (AvgIpc) is 2.50. The van der Waals surface area contributed by atoms with Gasteiger partial charge in [0.1, 0.15) is 0 Å². The van der Waals surface area contributed by atoms with Gasteiger partial charge in [0.25, 0.3) is 0 Å². The van der Waals surface area contributed by atoms with Crippen LogP contribution in [0.15, 0.2) is 0 Å². The highest BCUT2D eigenvalue weighted by Crippen LogP contribution is 2.42.